The highest BCUT2D eigenvalue weighted by atomic mass is 16.7. The first-order chi connectivity index (χ1) is 24.8. The van der Waals surface area contributed by atoms with Crippen molar-refractivity contribution in [2.45, 2.75) is 198 Å². The van der Waals surface area contributed by atoms with Gasteiger partial charge >= 0.3 is 0 Å². The van der Waals surface area contributed by atoms with Crippen LogP contribution in [-0.2, 0) is 14.3 Å². The predicted molar refractivity (Wildman–Crippen MR) is 207 cm³/mol. The van der Waals surface area contributed by atoms with Gasteiger partial charge in [0.15, 0.2) is 6.29 Å². The first-order valence-corrected chi connectivity index (χ1v) is 20.4. The Kier molecular flexibility index (Phi) is 30.3. The fourth-order valence-corrected chi connectivity index (χ4v) is 6.00. The number of hydrogen-bond donors (Lipinski definition) is 6. The second-order valence-electron chi connectivity index (χ2n) is 14.1. The summed E-state index contributed by atoms with van der Waals surface area (Å²) in [6, 6.07) is -0.818. The molecule has 6 N–H and O–H groups in total. The summed E-state index contributed by atoms with van der Waals surface area (Å²) < 4.78 is 11.2. The molecule has 1 fully saturated rings. The molecule has 2 unspecified atom stereocenters. The van der Waals surface area contributed by atoms with Gasteiger partial charge in [-0.3, -0.25) is 4.79 Å². The molecule has 1 aliphatic rings. The fraction of sp³-hybridized carbons (Fsp3) is 0.786. The number of rotatable bonds is 32. The lowest BCUT2D eigenvalue weighted by molar-refractivity contribution is -0.302. The summed E-state index contributed by atoms with van der Waals surface area (Å²) in [5.41, 5.74) is 0. The van der Waals surface area contributed by atoms with Gasteiger partial charge in [0.2, 0.25) is 5.91 Å². The van der Waals surface area contributed by atoms with E-state index < -0.39 is 49.5 Å². The molecular formula is C42H75NO8. The van der Waals surface area contributed by atoms with Crippen LogP contribution in [-0.4, -0.2) is 87.5 Å². The molecule has 9 heteroatoms. The number of nitrogens with one attached hydrogen (secondary N) is 1. The summed E-state index contributed by atoms with van der Waals surface area (Å²) in [5.74, 6) is -0.200. The molecule has 1 saturated heterocycles. The molecule has 0 saturated carbocycles. The van der Waals surface area contributed by atoms with E-state index in [1.807, 2.05) is 6.08 Å². The van der Waals surface area contributed by atoms with Crippen molar-refractivity contribution in [1.29, 1.82) is 0 Å². The molecule has 51 heavy (non-hydrogen) atoms. The Morgan fingerprint density at radius 2 is 1.16 bits per heavy atom. The SMILES string of the molecule is CCCCC/C=C\C/C=C\CCCCCCCC(=O)N[C@@H](CO[C@@H]1OC(CO)[C@@H](O)[C@@H](O)C1O)[C@H](O)/C=C/CCCCC/C=C/CCCCCC. The zero-order valence-electron chi connectivity index (χ0n) is 32.1. The van der Waals surface area contributed by atoms with Crippen LogP contribution in [0.25, 0.3) is 0 Å². The Hall–Kier alpha value is -1.85. The third-order valence-corrected chi connectivity index (χ3v) is 9.37. The number of allylic oxidation sites excluding steroid dienone is 7. The second kappa shape index (κ2) is 32.8. The first-order valence-electron chi connectivity index (χ1n) is 20.4. The molecule has 1 heterocycles. The molecule has 0 aromatic heterocycles. The van der Waals surface area contributed by atoms with E-state index in [1.54, 1.807) is 6.08 Å². The maximum atomic E-state index is 12.9. The molecule has 1 aliphatic heterocycles. The Labute approximate surface area is 310 Å². The van der Waals surface area contributed by atoms with E-state index in [4.69, 9.17) is 9.47 Å². The lowest BCUT2D eigenvalue weighted by atomic mass is 9.99. The first kappa shape index (κ1) is 47.2. The molecule has 9 nitrogen and oxygen atoms in total. The zero-order valence-corrected chi connectivity index (χ0v) is 32.1. The third kappa shape index (κ3) is 24.2. The second-order valence-corrected chi connectivity index (χ2v) is 14.1. The van der Waals surface area contributed by atoms with Crippen molar-refractivity contribution in [1.82, 2.24) is 5.32 Å². The van der Waals surface area contributed by atoms with Crippen LogP contribution >= 0.6 is 0 Å². The largest absolute Gasteiger partial charge is 0.394 e. The van der Waals surface area contributed by atoms with E-state index in [-0.39, 0.29) is 12.5 Å². The van der Waals surface area contributed by atoms with E-state index >= 15 is 0 Å². The Balaban J connectivity index is 2.46. The summed E-state index contributed by atoms with van der Waals surface area (Å²) in [7, 11) is 0. The average Bonchev–Trinajstić information content (AvgIpc) is 3.13. The van der Waals surface area contributed by atoms with Gasteiger partial charge in [-0.15, -0.1) is 0 Å². The van der Waals surface area contributed by atoms with Crippen LogP contribution in [0.2, 0.25) is 0 Å². The molecule has 7 atom stereocenters. The summed E-state index contributed by atoms with van der Waals surface area (Å²) in [4.78, 5) is 12.9. The summed E-state index contributed by atoms with van der Waals surface area (Å²) >= 11 is 0. The normalized spacial score (nSPS) is 22.5. The van der Waals surface area contributed by atoms with Gasteiger partial charge in [-0.05, 0) is 77.0 Å². The highest BCUT2D eigenvalue weighted by molar-refractivity contribution is 5.76. The minimum atomic E-state index is -1.57. The molecule has 0 aromatic carbocycles. The lowest BCUT2D eigenvalue weighted by Crippen LogP contribution is -2.60. The number of aliphatic hydroxyl groups is 5. The fourth-order valence-electron chi connectivity index (χ4n) is 6.00. The summed E-state index contributed by atoms with van der Waals surface area (Å²) in [6.45, 7) is 3.68. The molecule has 1 amide bonds. The number of carbonyl (C=O) groups excluding carboxylic acids is 1. The van der Waals surface area contributed by atoms with Gasteiger partial charge in [0.05, 0.1) is 25.4 Å². The third-order valence-electron chi connectivity index (χ3n) is 9.37. The van der Waals surface area contributed by atoms with E-state index in [9.17, 15) is 30.3 Å². The van der Waals surface area contributed by atoms with Crippen LogP contribution in [0.3, 0.4) is 0 Å². The van der Waals surface area contributed by atoms with Crippen molar-refractivity contribution in [3.05, 3.63) is 48.6 Å². The molecule has 0 aliphatic carbocycles. The average molecular weight is 722 g/mol. The highest BCUT2D eigenvalue weighted by Crippen LogP contribution is 2.22. The van der Waals surface area contributed by atoms with Crippen LogP contribution < -0.4 is 5.32 Å². The van der Waals surface area contributed by atoms with Crippen molar-refractivity contribution in [2.75, 3.05) is 13.2 Å². The molecule has 296 valence electrons. The van der Waals surface area contributed by atoms with Gasteiger partial charge in [0.1, 0.15) is 24.4 Å². The van der Waals surface area contributed by atoms with Gasteiger partial charge in [0.25, 0.3) is 0 Å². The van der Waals surface area contributed by atoms with Gasteiger partial charge in [-0.25, -0.2) is 0 Å². The van der Waals surface area contributed by atoms with E-state index in [2.05, 4.69) is 55.6 Å². The number of hydrogen-bond acceptors (Lipinski definition) is 8. The lowest BCUT2D eigenvalue weighted by Gasteiger charge is -2.40. The molecule has 0 radical (unpaired) electrons. The molecule has 0 aromatic rings. The number of unbranched alkanes of at least 4 members (excludes halogenated alkanes) is 16. The minimum absolute atomic E-state index is 0.200. The van der Waals surface area contributed by atoms with Crippen molar-refractivity contribution in [3.8, 4) is 0 Å². The zero-order chi connectivity index (χ0) is 37.4. The van der Waals surface area contributed by atoms with E-state index in [0.717, 1.165) is 83.5 Å². The Bertz CT molecular complexity index is 936. The number of ether oxygens (including phenoxy) is 2. The number of aliphatic hydroxyl groups excluding tert-OH is 5. The van der Waals surface area contributed by atoms with Gasteiger partial charge < -0.3 is 40.3 Å². The van der Waals surface area contributed by atoms with Crippen molar-refractivity contribution < 1.29 is 39.8 Å². The van der Waals surface area contributed by atoms with E-state index in [0.29, 0.717) is 6.42 Å². The number of carbonyl (C=O) groups is 1. The monoisotopic (exact) mass is 722 g/mol. The maximum Gasteiger partial charge on any atom is 0.220 e. The molecule has 0 bridgehead atoms. The van der Waals surface area contributed by atoms with Crippen LogP contribution in [0.4, 0.5) is 0 Å². The molecular weight excluding hydrogens is 646 g/mol. The Morgan fingerprint density at radius 3 is 1.76 bits per heavy atom. The van der Waals surface area contributed by atoms with E-state index in [1.165, 1.54) is 51.4 Å². The van der Waals surface area contributed by atoms with Crippen LogP contribution in [0.5, 0.6) is 0 Å². The maximum absolute atomic E-state index is 12.9. The summed E-state index contributed by atoms with van der Waals surface area (Å²) in [5, 5.41) is 53.9. The van der Waals surface area contributed by atoms with Crippen LogP contribution in [0, 0.1) is 0 Å². The smallest absolute Gasteiger partial charge is 0.220 e. The minimum Gasteiger partial charge on any atom is -0.394 e. The van der Waals surface area contributed by atoms with Crippen molar-refractivity contribution in [2.24, 2.45) is 0 Å². The van der Waals surface area contributed by atoms with Gasteiger partial charge in [-0.1, -0.05) is 120 Å². The standard InChI is InChI=1S/C42H75NO8/c1-3-5-7-9-11-13-15-17-18-20-22-24-26-28-30-32-38(46)43-35(34-50-42-41(49)40(48)39(47)37(33-44)51-42)36(45)31-29-27-25-23-21-19-16-14-12-10-8-6-4-2/h11,13-14,16-18,29,31,35-37,39-42,44-45,47-49H,3-10,12,15,19-28,30,32-34H2,1-2H3,(H,43,46)/b13-11-,16-14+,18-17-,31-29+/t35-,36+,37?,39+,40+,41?,42+/m0/s1. The Morgan fingerprint density at radius 1 is 0.667 bits per heavy atom. The highest BCUT2D eigenvalue weighted by Gasteiger charge is 2.44. The molecule has 1 rings (SSSR count). The van der Waals surface area contributed by atoms with Gasteiger partial charge in [0, 0.05) is 6.42 Å². The van der Waals surface area contributed by atoms with Crippen molar-refractivity contribution >= 4 is 5.91 Å². The molecule has 0 spiro atoms. The van der Waals surface area contributed by atoms with Crippen LogP contribution in [0.1, 0.15) is 155 Å². The predicted octanol–water partition coefficient (Wildman–Crippen LogP) is 7.50. The van der Waals surface area contributed by atoms with Crippen molar-refractivity contribution in [3.63, 3.8) is 0 Å². The topological polar surface area (TPSA) is 149 Å². The summed E-state index contributed by atoms with van der Waals surface area (Å²) in [6.07, 6.45) is 32.9. The number of amides is 1. The van der Waals surface area contributed by atoms with Crippen LogP contribution in [0.15, 0.2) is 48.6 Å². The quantitative estimate of drug-likeness (QED) is 0.0309. The van der Waals surface area contributed by atoms with Gasteiger partial charge in [-0.2, -0.15) is 0 Å².